The molecular formula is C20H17N5O2. The summed E-state index contributed by atoms with van der Waals surface area (Å²) in [6.07, 6.45) is 3.65. The fraction of sp³-hybridized carbons (Fsp3) is 0.0500. The first-order valence-electron chi connectivity index (χ1n) is 8.46. The van der Waals surface area contributed by atoms with Gasteiger partial charge in [-0.05, 0) is 29.8 Å². The highest BCUT2D eigenvalue weighted by molar-refractivity contribution is 5.94. The second-order valence-electron chi connectivity index (χ2n) is 6.02. The Kier molecular flexibility index (Phi) is 4.40. The summed E-state index contributed by atoms with van der Waals surface area (Å²) in [4.78, 5) is 27.5. The Balaban J connectivity index is 1.36. The lowest BCUT2D eigenvalue weighted by Gasteiger charge is -2.06. The van der Waals surface area contributed by atoms with Crippen molar-refractivity contribution in [3.05, 3.63) is 84.3 Å². The molecule has 7 nitrogen and oxygen atoms in total. The van der Waals surface area contributed by atoms with Crippen molar-refractivity contribution in [3.8, 4) is 5.69 Å². The van der Waals surface area contributed by atoms with E-state index in [0.29, 0.717) is 0 Å². The number of benzene rings is 2. The minimum absolute atomic E-state index is 0.156. The summed E-state index contributed by atoms with van der Waals surface area (Å²) in [6, 6.07) is 18.8. The van der Waals surface area contributed by atoms with Gasteiger partial charge in [0.25, 0.3) is 5.91 Å². The predicted octanol–water partition coefficient (Wildman–Crippen LogP) is 2.36. The molecule has 2 aromatic carbocycles. The number of aromatic amines is 1. The largest absolute Gasteiger partial charge is 0.361 e. The highest BCUT2D eigenvalue weighted by atomic mass is 16.2. The molecule has 0 aliphatic carbocycles. The van der Waals surface area contributed by atoms with E-state index in [1.54, 1.807) is 23.1 Å². The number of nitrogens with zero attached hydrogens (tertiary/aromatic N) is 2. The van der Waals surface area contributed by atoms with Gasteiger partial charge in [-0.15, -0.1) is 0 Å². The smallest absolute Gasteiger partial charge is 0.290 e. The average Bonchev–Trinajstić information content (AvgIpc) is 3.35. The maximum Gasteiger partial charge on any atom is 0.290 e. The van der Waals surface area contributed by atoms with Gasteiger partial charge in [-0.25, -0.2) is 4.68 Å². The Hall–Kier alpha value is -3.87. The molecule has 0 spiro atoms. The number of carbonyl (C=O) groups is 2. The topological polar surface area (TPSA) is 91.8 Å². The van der Waals surface area contributed by atoms with Crippen LogP contribution in [0.25, 0.3) is 16.6 Å². The summed E-state index contributed by atoms with van der Waals surface area (Å²) in [5, 5.41) is 5.21. The highest BCUT2D eigenvalue weighted by Crippen LogP contribution is 2.17. The quantitative estimate of drug-likeness (QED) is 0.489. The molecule has 0 fully saturated rings. The van der Waals surface area contributed by atoms with Crippen molar-refractivity contribution >= 4 is 22.7 Å². The van der Waals surface area contributed by atoms with Crippen LogP contribution in [0.4, 0.5) is 0 Å². The predicted molar refractivity (Wildman–Crippen MR) is 101 cm³/mol. The molecule has 3 N–H and O–H groups in total. The van der Waals surface area contributed by atoms with E-state index in [2.05, 4.69) is 20.9 Å². The minimum atomic E-state index is -0.475. The van der Waals surface area contributed by atoms with Crippen LogP contribution in [0, 0.1) is 0 Å². The SMILES string of the molecule is O=C(Cc1c[nH]c2ccccc12)NNC(=O)c1ccn(-c2ccccc2)n1. The van der Waals surface area contributed by atoms with Gasteiger partial charge in [0.05, 0.1) is 12.1 Å². The van der Waals surface area contributed by atoms with Gasteiger partial charge in [0.2, 0.25) is 5.91 Å². The Labute approximate surface area is 155 Å². The molecule has 27 heavy (non-hydrogen) atoms. The maximum atomic E-state index is 12.2. The Morgan fingerprint density at radius 3 is 2.59 bits per heavy atom. The summed E-state index contributed by atoms with van der Waals surface area (Å²) in [5.74, 6) is -0.785. The lowest BCUT2D eigenvalue weighted by molar-refractivity contribution is -0.121. The normalized spacial score (nSPS) is 10.7. The van der Waals surface area contributed by atoms with E-state index in [9.17, 15) is 9.59 Å². The zero-order chi connectivity index (χ0) is 18.6. The number of fused-ring (bicyclic) bond motifs is 1. The summed E-state index contributed by atoms with van der Waals surface area (Å²) in [7, 11) is 0. The van der Waals surface area contributed by atoms with Crippen molar-refractivity contribution in [3.63, 3.8) is 0 Å². The number of H-pyrrole nitrogens is 1. The van der Waals surface area contributed by atoms with Crippen LogP contribution in [-0.4, -0.2) is 26.6 Å². The first kappa shape index (κ1) is 16.6. The number of nitrogens with one attached hydrogen (secondary N) is 3. The number of aromatic nitrogens is 3. The Morgan fingerprint density at radius 2 is 1.74 bits per heavy atom. The molecule has 2 heterocycles. The molecule has 134 valence electrons. The van der Waals surface area contributed by atoms with Crippen LogP contribution in [0.3, 0.4) is 0 Å². The minimum Gasteiger partial charge on any atom is -0.361 e. The van der Waals surface area contributed by atoms with E-state index in [1.807, 2.05) is 54.6 Å². The molecule has 0 radical (unpaired) electrons. The number of hydrogen-bond acceptors (Lipinski definition) is 3. The molecule has 2 aromatic heterocycles. The number of amides is 2. The summed E-state index contributed by atoms with van der Waals surface area (Å²) >= 11 is 0. The zero-order valence-electron chi connectivity index (χ0n) is 14.3. The number of para-hydroxylation sites is 2. The second kappa shape index (κ2) is 7.17. The summed E-state index contributed by atoms with van der Waals surface area (Å²) in [5.41, 5.74) is 7.73. The number of hydrogen-bond donors (Lipinski definition) is 3. The Morgan fingerprint density at radius 1 is 0.963 bits per heavy atom. The van der Waals surface area contributed by atoms with Crippen molar-refractivity contribution in [2.75, 3.05) is 0 Å². The standard InChI is InChI=1S/C20H17N5O2/c26-19(12-14-13-21-17-9-5-4-8-16(14)17)22-23-20(27)18-10-11-25(24-18)15-6-2-1-3-7-15/h1-11,13,21H,12H2,(H,22,26)(H,23,27). The van der Waals surface area contributed by atoms with Crippen LogP contribution in [0.5, 0.6) is 0 Å². The van der Waals surface area contributed by atoms with Crippen LogP contribution in [0.15, 0.2) is 73.1 Å². The summed E-state index contributed by atoms with van der Waals surface area (Å²) in [6.45, 7) is 0. The van der Waals surface area contributed by atoms with Crippen LogP contribution < -0.4 is 10.9 Å². The second-order valence-corrected chi connectivity index (χ2v) is 6.02. The van der Waals surface area contributed by atoms with Crippen LogP contribution in [0.2, 0.25) is 0 Å². The van der Waals surface area contributed by atoms with Gasteiger partial charge < -0.3 is 4.98 Å². The third-order valence-electron chi connectivity index (χ3n) is 4.18. The molecule has 0 bridgehead atoms. The van der Waals surface area contributed by atoms with Crippen molar-refractivity contribution < 1.29 is 9.59 Å². The van der Waals surface area contributed by atoms with Crippen molar-refractivity contribution in [1.29, 1.82) is 0 Å². The molecule has 0 saturated heterocycles. The zero-order valence-corrected chi connectivity index (χ0v) is 14.3. The lowest BCUT2D eigenvalue weighted by atomic mass is 10.1. The molecule has 2 amide bonds. The highest BCUT2D eigenvalue weighted by Gasteiger charge is 2.13. The van der Waals surface area contributed by atoms with Crippen molar-refractivity contribution in [2.45, 2.75) is 6.42 Å². The molecule has 0 unspecified atom stereocenters. The van der Waals surface area contributed by atoms with E-state index in [1.165, 1.54) is 0 Å². The molecule has 7 heteroatoms. The molecule has 4 rings (SSSR count). The van der Waals surface area contributed by atoms with Crippen LogP contribution in [-0.2, 0) is 11.2 Å². The Bertz CT molecular complexity index is 1100. The van der Waals surface area contributed by atoms with Crippen LogP contribution >= 0.6 is 0 Å². The van der Waals surface area contributed by atoms with E-state index >= 15 is 0 Å². The van der Waals surface area contributed by atoms with Crippen LogP contribution in [0.1, 0.15) is 16.1 Å². The number of rotatable bonds is 4. The monoisotopic (exact) mass is 359 g/mol. The van der Waals surface area contributed by atoms with Gasteiger partial charge >= 0.3 is 0 Å². The average molecular weight is 359 g/mol. The van der Waals surface area contributed by atoms with Gasteiger partial charge in [0.15, 0.2) is 5.69 Å². The summed E-state index contributed by atoms with van der Waals surface area (Å²) < 4.78 is 1.60. The van der Waals surface area contributed by atoms with Crippen molar-refractivity contribution in [2.24, 2.45) is 0 Å². The van der Waals surface area contributed by atoms with Gasteiger partial charge in [-0.1, -0.05) is 36.4 Å². The molecule has 0 aliphatic rings. The number of carbonyl (C=O) groups excluding carboxylic acids is 2. The van der Waals surface area contributed by atoms with Gasteiger partial charge in [-0.3, -0.25) is 20.4 Å². The van der Waals surface area contributed by atoms with Gasteiger partial charge in [-0.2, -0.15) is 5.10 Å². The molecule has 4 aromatic rings. The fourth-order valence-corrected chi connectivity index (χ4v) is 2.86. The molecule has 0 atom stereocenters. The van der Waals surface area contributed by atoms with Crippen molar-refractivity contribution in [1.82, 2.24) is 25.6 Å². The van der Waals surface area contributed by atoms with E-state index in [0.717, 1.165) is 22.2 Å². The maximum absolute atomic E-state index is 12.2. The lowest BCUT2D eigenvalue weighted by Crippen LogP contribution is -2.42. The van der Waals surface area contributed by atoms with E-state index < -0.39 is 5.91 Å². The van der Waals surface area contributed by atoms with Gasteiger partial charge in [0, 0.05) is 23.3 Å². The number of hydrazine groups is 1. The molecule has 0 saturated carbocycles. The first-order chi connectivity index (χ1) is 13.2. The fourth-order valence-electron chi connectivity index (χ4n) is 2.86. The third-order valence-corrected chi connectivity index (χ3v) is 4.18. The van der Waals surface area contributed by atoms with E-state index in [4.69, 9.17) is 0 Å². The molecular weight excluding hydrogens is 342 g/mol. The van der Waals surface area contributed by atoms with Gasteiger partial charge in [0.1, 0.15) is 0 Å². The third kappa shape index (κ3) is 3.57. The van der Waals surface area contributed by atoms with E-state index in [-0.39, 0.29) is 18.0 Å². The molecule has 0 aliphatic heterocycles. The first-order valence-corrected chi connectivity index (χ1v) is 8.46.